The van der Waals surface area contributed by atoms with Crippen LogP contribution >= 0.6 is 0 Å². The molecule has 1 aromatic carbocycles. The van der Waals surface area contributed by atoms with Crippen molar-refractivity contribution in [3.05, 3.63) is 57.8 Å². The van der Waals surface area contributed by atoms with E-state index in [9.17, 15) is 14.7 Å². The fourth-order valence-electron chi connectivity index (χ4n) is 4.07. The third-order valence-corrected chi connectivity index (χ3v) is 6.00. The SMILES string of the molecule is Cc1oc2ncn(C)c(=O)c2c1C(=O)NCCN1CCN(c2ccc(C(C)O)cc2)CC1. The summed E-state index contributed by atoms with van der Waals surface area (Å²) in [5.74, 6) is 0.0757. The van der Waals surface area contributed by atoms with Crippen molar-refractivity contribution in [3.63, 3.8) is 0 Å². The predicted molar refractivity (Wildman–Crippen MR) is 122 cm³/mol. The first-order chi connectivity index (χ1) is 15.3. The monoisotopic (exact) mass is 439 g/mol. The number of nitrogens with zero attached hydrogens (tertiary/aromatic N) is 4. The summed E-state index contributed by atoms with van der Waals surface area (Å²) in [7, 11) is 1.60. The van der Waals surface area contributed by atoms with E-state index in [2.05, 4.69) is 32.2 Å². The number of hydrogen-bond donors (Lipinski definition) is 2. The van der Waals surface area contributed by atoms with Gasteiger partial charge in [0, 0.05) is 52.0 Å². The standard InChI is InChI=1S/C23H29N5O4/c1-15(29)17-4-6-18(7-5-17)28-12-10-27(11-13-28)9-8-24-21(30)19-16(2)32-22-20(19)23(31)26(3)14-25-22/h4-7,14-15,29H,8-13H2,1-3H3,(H,24,30). The van der Waals surface area contributed by atoms with Crippen LogP contribution in [0.4, 0.5) is 5.69 Å². The Morgan fingerprint density at radius 1 is 1.22 bits per heavy atom. The van der Waals surface area contributed by atoms with E-state index in [1.165, 1.54) is 10.9 Å². The lowest BCUT2D eigenvalue weighted by Gasteiger charge is -2.36. The van der Waals surface area contributed by atoms with Crippen LogP contribution in [0.3, 0.4) is 0 Å². The Labute approximate surface area is 186 Å². The number of carbonyl (C=O) groups excluding carboxylic acids is 1. The van der Waals surface area contributed by atoms with Gasteiger partial charge in [0.1, 0.15) is 17.5 Å². The molecule has 0 bridgehead atoms. The molecule has 2 N–H and O–H groups in total. The number of hydrogen-bond acceptors (Lipinski definition) is 7. The van der Waals surface area contributed by atoms with Crippen LogP contribution in [0.1, 0.15) is 34.7 Å². The van der Waals surface area contributed by atoms with Crippen molar-refractivity contribution < 1.29 is 14.3 Å². The molecule has 170 valence electrons. The normalized spacial score (nSPS) is 15.8. The van der Waals surface area contributed by atoms with Gasteiger partial charge in [0.25, 0.3) is 11.5 Å². The summed E-state index contributed by atoms with van der Waals surface area (Å²) < 4.78 is 6.85. The number of amides is 1. The molecule has 1 aliphatic rings. The third kappa shape index (κ3) is 4.39. The number of fused-ring (bicyclic) bond motifs is 1. The number of carbonyl (C=O) groups is 1. The molecule has 3 heterocycles. The molecule has 4 rings (SSSR count). The van der Waals surface area contributed by atoms with E-state index in [0.717, 1.165) is 44.0 Å². The van der Waals surface area contributed by atoms with Gasteiger partial charge in [-0.1, -0.05) is 12.1 Å². The molecule has 0 aliphatic carbocycles. The minimum atomic E-state index is -0.459. The van der Waals surface area contributed by atoms with Gasteiger partial charge in [0.15, 0.2) is 0 Å². The average molecular weight is 440 g/mol. The van der Waals surface area contributed by atoms with Crippen molar-refractivity contribution >= 4 is 22.7 Å². The summed E-state index contributed by atoms with van der Waals surface area (Å²) >= 11 is 0. The molecular weight excluding hydrogens is 410 g/mol. The third-order valence-electron chi connectivity index (χ3n) is 6.00. The summed E-state index contributed by atoms with van der Waals surface area (Å²) in [6, 6.07) is 8.03. The first-order valence-electron chi connectivity index (χ1n) is 10.8. The summed E-state index contributed by atoms with van der Waals surface area (Å²) in [5.41, 5.74) is 2.22. The van der Waals surface area contributed by atoms with Crippen molar-refractivity contribution in [3.8, 4) is 0 Å². The van der Waals surface area contributed by atoms with E-state index in [-0.39, 0.29) is 28.1 Å². The van der Waals surface area contributed by atoms with Crippen molar-refractivity contribution in [2.24, 2.45) is 7.05 Å². The number of aryl methyl sites for hydroxylation is 2. The fraction of sp³-hybridized carbons (Fsp3) is 0.435. The number of aromatic nitrogens is 2. The van der Waals surface area contributed by atoms with Crippen LogP contribution in [0.15, 0.2) is 39.8 Å². The summed E-state index contributed by atoms with van der Waals surface area (Å²) in [6.45, 7) is 8.23. The first-order valence-corrected chi connectivity index (χ1v) is 10.8. The Bertz CT molecular complexity index is 1160. The van der Waals surface area contributed by atoms with E-state index in [0.29, 0.717) is 12.3 Å². The lowest BCUT2D eigenvalue weighted by atomic mass is 10.1. The number of anilines is 1. The van der Waals surface area contributed by atoms with Crippen LogP contribution in [0, 0.1) is 6.92 Å². The van der Waals surface area contributed by atoms with Crippen LogP contribution < -0.4 is 15.8 Å². The van der Waals surface area contributed by atoms with Crippen LogP contribution in [0.5, 0.6) is 0 Å². The quantitative estimate of drug-likeness (QED) is 0.599. The van der Waals surface area contributed by atoms with E-state index >= 15 is 0 Å². The van der Waals surface area contributed by atoms with Crippen LogP contribution in [-0.4, -0.2) is 64.7 Å². The Morgan fingerprint density at radius 3 is 2.56 bits per heavy atom. The number of piperazine rings is 1. The Balaban J connectivity index is 1.30. The largest absolute Gasteiger partial charge is 0.442 e. The summed E-state index contributed by atoms with van der Waals surface area (Å²) in [5, 5.41) is 12.8. The highest BCUT2D eigenvalue weighted by Gasteiger charge is 2.23. The molecule has 2 aromatic heterocycles. The second-order valence-electron chi connectivity index (χ2n) is 8.23. The van der Waals surface area contributed by atoms with Gasteiger partial charge in [-0.05, 0) is 31.5 Å². The molecule has 1 saturated heterocycles. The maximum absolute atomic E-state index is 12.8. The maximum atomic E-state index is 12.8. The van der Waals surface area contributed by atoms with Crippen LogP contribution in [0.2, 0.25) is 0 Å². The molecule has 1 amide bonds. The number of aliphatic hydroxyl groups is 1. The van der Waals surface area contributed by atoms with Crippen molar-refractivity contribution in [1.29, 1.82) is 0 Å². The summed E-state index contributed by atoms with van der Waals surface area (Å²) in [4.78, 5) is 33.9. The van der Waals surface area contributed by atoms with Gasteiger partial charge in [-0.15, -0.1) is 0 Å². The molecule has 0 saturated carbocycles. The van der Waals surface area contributed by atoms with Gasteiger partial charge in [0.2, 0.25) is 5.71 Å². The second kappa shape index (κ2) is 9.13. The van der Waals surface area contributed by atoms with Gasteiger partial charge >= 0.3 is 0 Å². The molecule has 1 unspecified atom stereocenters. The average Bonchev–Trinajstić information content (AvgIpc) is 3.13. The molecule has 32 heavy (non-hydrogen) atoms. The zero-order chi connectivity index (χ0) is 22.8. The van der Waals surface area contributed by atoms with Crippen molar-refractivity contribution in [2.75, 3.05) is 44.2 Å². The lowest BCUT2D eigenvalue weighted by Crippen LogP contribution is -2.48. The zero-order valence-corrected chi connectivity index (χ0v) is 18.7. The molecule has 3 aromatic rings. The Kier molecular flexibility index (Phi) is 6.29. The number of aliphatic hydroxyl groups excluding tert-OH is 1. The Hall–Kier alpha value is -3.17. The van der Waals surface area contributed by atoms with Gasteiger partial charge < -0.3 is 24.3 Å². The molecule has 0 spiro atoms. The van der Waals surface area contributed by atoms with E-state index < -0.39 is 6.10 Å². The molecule has 1 atom stereocenters. The highest BCUT2D eigenvalue weighted by atomic mass is 16.3. The number of furan rings is 1. The highest BCUT2D eigenvalue weighted by molar-refractivity contribution is 6.06. The fourth-order valence-corrected chi connectivity index (χ4v) is 4.07. The van der Waals surface area contributed by atoms with Crippen molar-refractivity contribution in [2.45, 2.75) is 20.0 Å². The molecule has 1 aliphatic heterocycles. The molecule has 9 heteroatoms. The van der Waals surface area contributed by atoms with E-state index in [1.54, 1.807) is 20.9 Å². The lowest BCUT2D eigenvalue weighted by molar-refractivity contribution is 0.0947. The van der Waals surface area contributed by atoms with Gasteiger partial charge in [0.05, 0.1) is 11.7 Å². The molecule has 1 fully saturated rings. The topological polar surface area (TPSA) is 104 Å². The molecule has 0 radical (unpaired) electrons. The zero-order valence-electron chi connectivity index (χ0n) is 18.7. The number of nitrogens with one attached hydrogen (secondary N) is 1. The van der Waals surface area contributed by atoms with Crippen LogP contribution in [-0.2, 0) is 7.05 Å². The number of benzene rings is 1. The number of rotatable bonds is 6. The minimum Gasteiger partial charge on any atom is -0.442 e. The minimum absolute atomic E-state index is 0.188. The second-order valence-corrected chi connectivity index (χ2v) is 8.23. The smallest absolute Gasteiger partial charge is 0.265 e. The van der Waals surface area contributed by atoms with E-state index in [4.69, 9.17) is 4.42 Å². The summed E-state index contributed by atoms with van der Waals surface area (Å²) in [6.07, 6.45) is 0.926. The molecular formula is C23H29N5O4. The van der Waals surface area contributed by atoms with E-state index in [1.807, 2.05) is 12.1 Å². The van der Waals surface area contributed by atoms with Gasteiger partial charge in [-0.3, -0.25) is 14.5 Å². The van der Waals surface area contributed by atoms with Gasteiger partial charge in [-0.25, -0.2) is 4.98 Å². The Morgan fingerprint density at radius 2 is 1.91 bits per heavy atom. The van der Waals surface area contributed by atoms with Gasteiger partial charge in [-0.2, -0.15) is 0 Å². The maximum Gasteiger partial charge on any atom is 0.265 e. The van der Waals surface area contributed by atoms with Crippen LogP contribution in [0.25, 0.3) is 11.1 Å². The first kappa shape index (κ1) is 22.0. The highest BCUT2D eigenvalue weighted by Crippen LogP contribution is 2.21. The van der Waals surface area contributed by atoms with Crippen molar-refractivity contribution in [1.82, 2.24) is 19.8 Å². The predicted octanol–water partition coefficient (Wildman–Crippen LogP) is 1.44. The molecule has 9 nitrogen and oxygen atoms in total.